The largest absolute Gasteiger partial charge is 0.494 e. The first-order valence-corrected chi connectivity index (χ1v) is 16.4. The molecular weight excluding hydrogens is 662 g/mol. The van der Waals surface area contributed by atoms with Gasteiger partial charge in [-0.1, -0.05) is 44.5 Å². The molecule has 5 rings (SSSR count). The lowest BCUT2D eigenvalue weighted by molar-refractivity contribution is -0.288. The van der Waals surface area contributed by atoms with Gasteiger partial charge in [-0.3, -0.25) is 4.99 Å². The Bertz CT molecular complexity index is 1850. The first-order valence-electron chi connectivity index (χ1n) is 16.4. The highest BCUT2D eigenvalue weighted by molar-refractivity contribution is 5.97. The third-order valence-corrected chi connectivity index (χ3v) is 8.22. The number of fused-ring (bicyclic) bond motifs is 1. The molecule has 0 amide bonds. The van der Waals surface area contributed by atoms with Crippen LogP contribution in [0.4, 0.5) is 26.3 Å². The molecule has 3 aromatic carbocycles. The lowest BCUT2D eigenvalue weighted by Crippen LogP contribution is -2.54. The summed E-state index contributed by atoms with van der Waals surface area (Å²) in [7, 11) is 1.48. The lowest BCUT2D eigenvalue weighted by Gasteiger charge is -2.38. The van der Waals surface area contributed by atoms with Crippen molar-refractivity contribution in [3.8, 4) is 17.2 Å². The molecule has 0 unspecified atom stereocenters. The second-order valence-electron chi connectivity index (χ2n) is 11.7. The highest BCUT2D eigenvalue weighted by atomic mass is 19.4. The van der Waals surface area contributed by atoms with Gasteiger partial charge in [0, 0.05) is 12.6 Å². The average molecular weight is 701 g/mol. The molecule has 0 spiro atoms. The van der Waals surface area contributed by atoms with Crippen molar-refractivity contribution < 1.29 is 45.1 Å². The van der Waals surface area contributed by atoms with E-state index in [1.165, 1.54) is 11.8 Å². The maximum Gasteiger partial charge on any atom is 0.411 e. The van der Waals surface area contributed by atoms with Crippen LogP contribution in [0.15, 0.2) is 112 Å². The fraction of sp³-hybridized carbons (Fsp3) is 0.342. The number of allylic oxidation sites excluding steroid dienone is 3. The quantitative estimate of drug-likeness (QED) is 0.0639. The molecule has 0 N–H and O–H groups in total. The summed E-state index contributed by atoms with van der Waals surface area (Å²) in [6.45, 7) is 5.08. The number of hydrogen-bond acceptors (Lipinski definition) is 5. The van der Waals surface area contributed by atoms with E-state index in [9.17, 15) is 0 Å². The fourth-order valence-electron chi connectivity index (χ4n) is 5.66. The van der Waals surface area contributed by atoms with E-state index in [1.807, 2.05) is 26.0 Å². The van der Waals surface area contributed by atoms with E-state index in [-0.39, 0.29) is 22.7 Å². The molecular formula is C38H38F6N2O4. The summed E-state index contributed by atoms with van der Waals surface area (Å²) >= 11 is 0. The molecule has 266 valence electrons. The molecule has 0 fully saturated rings. The van der Waals surface area contributed by atoms with Gasteiger partial charge in [0.1, 0.15) is 22.8 Å². The van der Waals surface area contributed by atoms with Crippen molar-refractivity contribution in [1.82, 2.24) is 4.74 Å². The summed E-state index contributed by atoms with van der Waals surface area (Å²) in [5.74, 6) is 1.42. The van der Waals surface area contributed by atoms with Crippen molar-refractivity contribution >= 4 is 17.0 Å². The Morgan fingerprint density at radius 1 is 0.760 bits per heavy atom. The highest BCUT2D eigenvalue weighted by Crippen LogP contribution is 2.56. The lowest BCUT2D eigenvalue weighted by atomic mass is 9.72. The molecule has 0 radical (unpaired) electrons. The molecule has 4 aromatic rings. The molecule has 0 atom stereocenters. The zero-order chi connectivity index (χ0) is 35.9. The zero-order valence-corrected chi connectivity index (χ0v) is 27.9. The van der Waals surface area contributed by atoms with E-state index in [0.717, 1.165) is 61.7 Å². The Kier molecular flexibility index (Phi) is 11.2. The smallest absolute Gasteiger partial charge is 0.411 e. The SMILES string of the molecule is CCCCOc1ccc(-n2oc3ccc(C(c4ccc(OC(=N\C)/C5=C/CC/C=C(OCCC)/C=C\5)cc4)(C(F)(F)F)C(F)(F)F)cc32)cc1. The number of ether oxygens (including phenoxy) is 3. The Labute approximate surface area is 286 Å². The molecule has 0 saturated carbocycles. The number of benzene rings is 3. The number of unbranched alkanes of at least 4 members (excludes halogenated alkanes) is 1. The van der Waals surface area contributed by atoms with Crippen molar-refractivity contribution in [2.24, 2.45) is 4.99 Å². The van der Waals surface area contributed by atoms with Crippen LogP contribution in [0, 0.1) is 0 Å². The van der Waals surface area contributed by atoms with E-state index in [2.05, 4.69) is 4.99 Å². The van der Waals surface area contributed by atoms with Gasteiger partial charge in [0.2, 0.25) is 11.3 Å². The van der Waals surface area contributed by atoms with E-state index in [0.29, 0.717) is 48.8 Å². The van der Waals surface area contributed by atoms with Gasteiger partial charge in [0.05, 0.1) is 18.9 Å². The zero-order valence-electron chi connectivity index (χ0n) is 27.9. The molecule has 0 aliphatic heterocycles. The summed E-state index contributed by atoms with van der Waals surface area (Å²) < 4.78 is 114. The van der Waals surface area contributed by atoms with Crippen molar-refractivity contribution in [3.05, 3.63) is 113 Å². The van der Waals surface area contributed by atoms with E-state index in [4.69, 9.17) is 18.7 Å². The van der Waals surface area contributed by atoms with Gasteiger partial charge >= 0.3 is 12.4 Å². The van der Waals surface area contributed by atoms with E-state index in [1.54, 1.807) is 36.4 Å². The monoisotopic (exact) mass is 700 g/mol. The number of halogens is 6. The van der Waals surface area contributed by atoms with Crippen molar-refractivity contribution in [2.75, 3.05) is 20.3 Å². The Morgan fingerprint density at radius 2 is 1.42 bits per heavy atom. The van der Waals surface area contributed by atoms with Gasteiger partial charge in [0.15, 0.2) is 5.58 Å². The summed E-state index contributed by atoms with van der Waals surface area (Å²) in [6, 6.07) is 13.1. The molecule has 0 bridgehead atoms. The average Bonchev–Trinajstić information content (AvgIpc) is 3.05. The number of rotatable bonds is 12. The Balaban J connectivity index is 1.47. The number of aromatic nitrogens is 1. The minimum Gasteiger partial charge on any atom is -0.494 e. The van der Waals surface area contributed by atoms with Gasteiger partial charge in [0.25, 0.3) is 0 Å². The first-order chi connectivity index (χ1) is 23.9. The minimum atomic E-state index is -5.77. The molecule has 12 heteroatoms. The van der Waals surface area contributed by atoms with Gasteiger partial charge in [-0.25, -0.2) is 0 Å². The standard InChI is InChI=1S/C38H38F6N2O4/c1-4-6-24-48-31-20-15-29(16-21-31)46-33-25-28(14-22-34(33)50-46)36(37(39,40)41,38(42,43)44)27-12-18-32(19-13-27)49-35(45-3)26-9-7-8-10-30(17-11-26)47-23-5-2/h9-22,25H,4-8,23-24H2,1-3H3/b17-11-,26-9+,30-10-,45-35-. The van der Waals surface area contributed by atoms with Crippen LogP contribution in [0.1, 0.15) is 57.1 Å². The third kappa shape index (κ3) is 7.49. The van der Waals surface area contributed by atoms with Crippen molar-refractivity contribution in [1.29, 1.82) is 0 Å². The number of hydrogen-bond donors (Lipinski definition) is 0. The molecule has 1 aliphatic carbocycles. The van der Waals surface area contributed by atoms with Crippen LogP contribution in [0.2, 0.25) is 0 Å². The number of nitrogens with zero attached hydrogens (tertiary/aromatic N) is 2. The van der Waals surface area contributed by atoms with Crippen molar-refractivity contribution in [2.45, 2.75) is 63.7 Å². The predicted octanol–water partition coefficient (Wildman–Crippen LogP) is 10.8. The summed E-state index contributed by atoms with van der Waals surface area (Å²) in [5, 5.41) is 0. The fourth-order valence-corrected chi connectivity index (χ4v) is 5.66. The van der Waals surface area contributed by atoms with Crippen LogP contribution in [-0.4, -0.2) is 43.3 Å². The van der Waals surface area contributed by atoms with Crippen LogP contribution in [0.3, 0.4) is 0 Å². The van der Waals surface area contributed by atoms with Crippen molar-refractivity contribution in [3.63, 3.8) is 0 Å². The third-order valence-electron chi connectivity index (χ3n) is 8.22. The summed E-state index contributed by atoms with van der Waals surface area (Å²) in [6.07, 6.45) is -0.218. The molecule has 6 nitrogen and oxygen atoms in total. The normalized spacial score (nSPS) is 17.3. The molecule has 1 heterocycles. The van der Waals surface area contributed by atoms with Crippen LogP contribution < -0.4 is 9.47 Å². The number of aliphatic imine (C=N–C) groups is 1. The van der Waals surface area contributed by atoms with Gasteiger partial charge < -0.3 is 18.7 Å². The van der Waals surface area contributed by atoms with Gasteiger partial charge in [-0.05, 0) is 104 Å². The van der Waals surface area contributed by atoms with Crippen LogP contribution in [0.5, 0.6) is 11.5 Å². The van der Waals surface area contributed by atoms with Gasteiger partial charge in [-0.2, -0.15) is 31.1 Å². The highest BCUT2D eigenvalue weighted by Gasteiger charge is 2.72. The molecule has 50 heavy (non-hydrogen) atoms. The number of alkyl halides is 6. The maximum absolute atomic E-state index is 15.0. The van der Waals surface area contributed by atoms with Gasteiger partial charge in [-0.15, -0.1) is 0 Å². The predicted molar refractivity (Wildman–Crippen MR) is 180 cm³/mol. The first kappa shape index (κ1) is 36.4. The van der Waals surface area contributed by atoms with Crippen LogP contribution in [0.25, 0.3) is 16.8 Å². The Hall–Kier alpha value is -4.87. The minimum absolute atomic E-state index is 0.0146. The maximum atomic E-state index is 15.0. The van der Waals surface area contributed by atoms with E-state index >= 15 is 26.3 Å². The van der Waals surface area contributed by atoms with E-state index < -0.39 is 28.9 Å². The summed E-state index contributed by atoms with van der Waals surface area (Å²) in [4.78, 5) is 4.17. The molecule has 1 aliphatic rings. The molecule has 0 saturated heterocycles. The van der Waals surface area contributed by atoms with Crippen LogP contribution in [-0.2, 0) is 10.2 Å². The summed E-state index contributed by atoms with van der Waals surface area (Å²) in [5.41, 5.74) is -5.19. The second-order valence-corrected chi connectivity index (χ2v) is 11.7. The Morgan fingerprint density at radius 3 is 2.06 bits per heavy atom. The molecule has 1 aromatic heterocycles. The van der Waals surface area contributed by atoms with Crippen LogP contribution >= 0.6 is 0 Å². The second kappa shape index (κ2) is 15.3. The topological polar surface area (TPSA) is 58.1 Å².